The molecule has 27 heavy (non-hydrogen) atoms. The highest BCUT2D eigenvalue weighted by molar-refractivity contribution is 9.10. The van der Waals surface area contributed by atoms with Crippen LogP contribution < -0.4 is 16.0 Å². The predicted octanol–water partition coefficient (Wildman–Crippen LogP) is 2.17. The van der Waals surface area contributed by atoms with E-state index >= 15 is 0 Å². The molecule has 1 aromatic heterocycles. The van der Waals surface area contributed by atoms with E-state index < -0.39 is 11.9 Å². The molecule has 1 aliphatic rings. The maximum atomic E-state index is 12.0. The Morgan fingerprint density at radius 1 is 1.07 bits per heavy atom. The van der Waals surface area contributed by atoms with Crippen LogP contribution in [-0.2, 0) is 9.59 Å². The molecule has 10 heteroatoms. The minimum absolute atomic E-state index is 0.00891. The van der Waals surface area contributed by atoms with E-state index in [0.717, 1.165) is 4.90 Å². The molecule has 0 atom stereocenters. The number of hydrogen-bond acceptors (Lipinski definition) is 5. The molecule has 1 aromatic carbocycles. The fourth-order valence-corrected chi connectivity index (χ4v) is 2.69. The van der Waals surface area contributed by atoms with Gasteiger partial charge in [0.25, 0.3) is 5.91 Å². The second kappa shape index (κ2) is 8.04. The fraction of sp³-hybridized carbons (Fsp3) is 0.176. The van der Waals surface area contributed by atoms with Crippen LogP contribution in [0.15, 0.2) is 45.5 Å². The van der Waals surface area contributed by atoms with Crippen LogP contribution in [0.5, 0.6) is 0 Å². The van der Waals surface area contributed by atoms with Crippen molar-refractivity contribution in [1.29, 1.82) is 0 Å². The minimum Gasteiger partial charge on any atom is -0.444 e. The first-order valence-electron chi connectivity index (χ1n) is 7.97. The predicted molar refractivity (Wildman–Crippen MR) is 99.2 cm³/mol. The zero-order chi connectivity index (χ0) is 19.4. The monoisotopic (exact) mass is 434 g/mol. The summed E-state index contributed by atoms with van der Waals surface area (Å²) in [5.41, 5.74) is 1.06. The van der Waals surface area contributed by atoms with Gasteiger partial charge in [-0.3, -0.25) is 19.3 Å². The Balaban J connectivity index is 1.49. The first-order chi connectivity index (χ1) is 12.9. The highest BCUT2D eigenvalue weighted by Crippen LogP contribution is 2.18. The molecular formula is C17H15BrN4O5. The molecule has 2 aromatic rings. The number of imide groups is 1. The molecule has 1 saturated heterocycles. The van der Waals surface area contributed by atoms with E-state index in [1.54, 1.807) is 36.4 Å². The number of furan rings is 1. The zero-order valence-corrected chi connectivity index (χ0v) is 15.5. The fourth-order valence-electron chi connectivity index (χ4n) is 2.38. The lowest BCUT2D eigenvalue weighted by molar-refractivity contribution is -0.125. The number of urea groups is 1. The van der Waals surface area contributed by atoms with Gasteiger partial charge in [-0.15, -0.1) is 0 Å². The van der Waals surface area contributed by atoms with Crippen molar-refractivity contribution in [1.82, 2.24) is 10.2 Å². The van der Waals surface area contributed by atoms with Crippen LogP contribution >= 0.6 is 15.9 Å². The van der Waals surface area contributed by atoms with Crippen LogP contribution in [-0.4, -0.2) is 41.7 Å². The lowest BCUT2D eigenvalue weighted by Gasteiger charge is -2.12. The smallest absolute Gasteiger partial charge is 0.324 e. The molecular weight excluding hydrogens is 420 g/mol. The number of halogens is 1. The van der Waals surface area contributed by atoms with E-state index in [-0.39, 0.29) is 37.1 Å². The summed E-state index contributed by atoms with van der Waals surface area (Å²) in [5, 5.41) is 7.72. The Kier molecular flexibility index (Phi) is 5.55. The summed E-state index contributed by atoms with van der Waals surface area (Å²) in [4.78, 5) is 47.8. The average Bonchev–Trinajstić information content (AvgIpc) is 3.21. The van der Waals surface area contributed by atoms with E-state index in [0.29, 0.717) is 16.0 Å². The number of nitrogens with zero attached hydrogens (tertiary/aromatic N) is 1. The molecule has 0 bridgehead atoms. The standard InChI is InChI=1S/C17H15BrN4O5/c18-13-6-5-12(27-13)16(25)21-11-3-1-10(2-4-11)20-14(23)7-8-22-15(24)9-19-17(22)26/h1-6H,7-9H2,(H,19,26)(H,20,23)(H,21,25). The van der Waals surface area contributed by atoms with E-state index in [4.69, 9.17) is 4.42 Å². The Bertz CT molecular complexity index is 877. The first kappa shape index (κ1) is 18.6. The molecule has 140 valence electrons. The molecule has 0 radical (unpaired) electrons. The van der Waals surface area contributed by atoms with Crippen molar-refractivity contribution in [2.45, 2.75) is 6.42 Å². The SMILES string of the molecule is O=C(CCN1C(=O)CNC1=O)Nc1ccc(NC(=O)c2ccc(Br)o2)cc1. The second-order valence-electron chi connectivity index (χ2n) is 5.64. The number of anilines is 2. The van der Waals surface area contributed by atoms with Crippen molar-refractivity contribution < 1.29 is 23.6 Å². The molecule has 9 nitrogen and oxygen atoms in total. The quantitative estimate of drug-likeness (QED) is 0.601. The number of hydrogen-bond donors (Lipinski definition) is 3. The maximum Gasteiger partial charge on any atom is 0.324 e. The third-order valence-corrected chi connectivity index (χ3v) is 4.15. The Hall–Kier alpha value is -3.14. The number of benzene rings is 1. The largest absolute Gasteiger partial charge is 0.444 e. The Labute approximate surface area is 162 Å². The molecule has 0 unspecified atom stereocenters. The van der Waals surface area contributed by atoms with Crippen LogP contribution in [0.2, 0.25) is 0 Å². The molecule has 0 saturated carbocycles. The molecule has 5 amide bonds. The second-order valence-corrected chi connectivity index (χ2v) is 6.42. The summed E-state index contributed by atoms with van der Waals surface area (Å²) < 4.78 is 5.63. The van der Waals surface area contributed by atoms with Gasteiger partial charge < -0.3 is 20.4 Å². The van der Waals surface area contributed by atoms with Gasteiger partial charge in [-0.05, 0) is 52.3 Å². The summed E-state index contributed by atoms with van der Waals surface area (Å²) in [6.45, 7) is -0.0219. The number of carbonyl (C=O) groups is 4. The highest BCUT2D eigenvalue weighted by atomic mass is 79.9. The van der Waals surface area contributed by atoms with Crippen molar-refractivity contribution in [3.63, 3.8) is 0 Å². The van der Waals surface area contributed by atoms with Crippen molar-refractivity contribution in [2.24, 2.45) is 0 Å². The van der Waals surface area contributed by atoms with Crippen molar-refractivity contribution in [3.8, 4) is 0 Å². The normalized spacial score (nSPS) is 13.4. The van der Waals surface area contributed by atoms with Crippen molar-refractivity contribution >= 4 is 51.1 Å². The topological polar surface area (TPSA) is 121 Å². The Morgan fingerprint density at radius 3 is 2.30 bits per heavy atom. The average molecular weight is 435 g/mol. The molecule has 3 rings (SSSR count). The van der Waals surface area contributed by atoms with E-state index in [1.165, 1.54) is 0 Å². The number of rotatable bonds is 6. The van der Waals surface area contributed by atoms with E-state index in [2.05, 4.69) is 31.9 Å². The molecule has 1 fully saturated rings. The third kappa shape index (κ3) is 4.73. The third-order valence-electron chi connectivity index (χ3n) is 3.72. The van der Waals surface area contributed by atoms with Crippen molar-refractivity contribution in [2.75, 3.05) is 23.7 Å². The van der Waals surface area contributed by atoms with Gasteiger partial charge in [-0.25, -0.2) is 4.79 Å². The van der Waals surface area contributed by atoms with Crippen LogP contribution in [0.25, 0.3) is 0 Å². The molecule has 2 heterocycles. The molecule has 0 aliphatic carbocycles. The van der Waals surface area contributed by atoms with Crippen LogP contribution in [0.3, 0.4) is 0 Å². The number of carbonyl (C=O) groups excluding carboxylic acids is 4. The van der Waals surface area contributed by atoms with Gasteiger partial charge in [-0.1, -0.05) is 0 Å². The molecule has 1 aliphatic heterocycles. The number of amides is 5. The lowest BCUT2D eigenvalue weighted by Crippen LogP contribution is -2.33. The van der Waals surface area contributed by atoms with E-state index in [9.17, 15) is 19.2 Å². The van der Waals surface area contributed by atoms with Gasteiger partial charge in [-0.2, -0.15) is 0 Å². The zero-order valence-electron chi connectivity index (χ0n) is 14.0. The van der Waals surface area contributed by atoms with Gasteiger partial charge in [0.05, 0.1) is 6.54 Å². The van der Waals surface area contributed by atoms with Crippen LogP contribution in [0.1, 0.15) is 17.0 Å². The Morgan fingerprint density at radius 2 is 1.74 bits per heavy atom. The lowest BCUT2D eigenvalue weighted by atomic mass is 10.2. The summed E-state index contributed by atoms with van der Waals surface area (Å²) in [6, 6.07) is 9.17. The van der Waals surface area contributed by atoms with Crippen LogP contribution in [0.4, 0.5) is 16.2 Å². The van der Waals surface area contributed by atoms with Gasteiger partial charge >= 0.3 is 6.03 Å². The summed E-state index contributed by atoms with van der Waals surface area (Å²) in [7, 11) is 0. The first-order valence-corrected chi connectivity index (χ1v) is 8.76. The minimum atomic E-state index is -0.489. The highest BCUT2D eigenvalue weighted by Gasteiger charge is 2.28. The summed E-state index contributed by atoms with van der Waals surface area (Å²) >= 11 is 3.13. The summed E-state index contributed by atoms with van der Waals surface area (Å²) in [5.74, 6) is -0.915. The number of nitrogens with one attached hydrogen (secondary N) is 3. The molecule has 3 N–H and O–H groups in total. The van der Waals surface area contributed by atoms with Gasteiger partial charge in [0.15, 0.2) is 10.4 Å². The summed E-state index contributed by atoms with van der Waals surface area (Å²) in [6.07, 6.45) is -0.00891. The molecule has 0 spiro atoms. The van der Waals surface area contributed by atoms with Crippen LogP contribution in [0, 0.1) is 0 Å². The van der Waals surface area contributed by atoms with Gasteiger partial charge in [0.2, 0.25) is 11.8 Å². The maximum absolute atomic E-state index is 12.0. The van der Waals surface area contributed by atoms with Crippen molar-refractivity contribution in [3.05, 3.63) is 46.8 Å². The van der Waals surface area contributed by atoms with Gasteiger partial charge in [0.1, 0.15) is 0 Å². The van der Waals surface area contributed by atoms with E-state index in [1.807, 2.05) is 0 Å². The van der Waals surface area contributed by atoms with Gasteiger partial charge in [0, 0.05) is 24.3 Å².